The predicted molar refractivity (Wildman–Crippen MR) is 117 cm³/mol. The number of hydrogen-bond acceptors (Lipinski definition) is 3. The Bertz CT molecular complexity index is 1160. The van der Waals surface area contributed by atoms with Gasteiger partial charge in [0.05, 0.1) is 6.04 Å². The normalized spacial score (nSPS) is 11.6. The highest BCUT2D eigenvalue weighted by Gasteiger charge is 2.21. The van der Waals surface area contributed by atoms with E-state index in [9.17, 15) is 23.2 Å². The Balaban J connectivity index is 1.76. The maximum absolute atomic E-state index is 13.2. The van der Waals surface area contributed by atoms with Crippen LogP contribution in [-0.2, 0) is 11.3 Å². The Kier molecular flexibility index (Phi) is 7.14. The number of carbonyl (C=O) groups excluding carboxylic acids is 2. The first-order valence-corrected chi connectivity index (χ1v) is 10.1. The molecule has 3 rings (SSSR count). The summed E-state index contributed by atoms with van der Waals surface area (Å²) in [6.07, 6.45) is 2.03. The van der Waals surface area contributed by atoms with E-state index in [0.717, 1.165) is 10.1 Å². The molecule has 8 heteroatoms. The number of aromatic nitrogens is 1. The van der Waals surface area contributed by atoms with E-state index in [1.807, 2.05) is 6.92 Å². The average Bonchev–Trinajstić information content (AvgIpc) is 2.78. The molecule has 1 atom stereocenters. The SMILES string of the molecule is CC[C@H](c1ccc(F)cc1)N(C)C(=O)Cn1cccc(C(=O)Nc2ccc(F)cc2)c1=O. The Labute approximate surface area is 184 Å². The number of hydrogen-bond donors (Lipinski definition) is 1. The van der Waals surface area contributed by atoms with Crippen LogP contribution in [0.25, 0.3) is 0 Å². The van der Waals surface area contributed by atoms with Crippen molar-refractivity contribution in [2.24, 2.45) is 0 Å². The molecule has 0 aliphatic carbocycles. The summed E-state index contributed by atoms with van der Waals surface area (Å²) < 4.78 is 27.4. The van der Waals surface area contributed by atoms with Crippen LogP contribution in [0.1, 0.15) is 35.3 Å². The van der Waals surface area contributed by atoms with Gasteiger partial charge < -0.3 is 14.8 Å². The number of likely N-dealkylation sites (N-methyl/N-ethyl adjacent to an activating group) is 1. The molecule has 0 radical (unpaired) electrons. The summed E-state index contributed by atoms with van der Waals surface area (Å²) in [6.45, 7) is 1.65. The van der Waals surface area contributed by atoms with Gasteiger partial charge in [0.2, 0.25) is 5.91 Å². The lowest BCUT2D eigenvalue weighted by Gasteiger charge is -2.28. The zero-order valence-electron chi connectivity index (χ0n) is 17.7. The predicted octanol–water partition coefficient (Wildman–Crippen LogP) is 3.99. The second-order valence-electron chi connectivity index (χ2n) is 7.30. The number of benzene rings is 2. The van der Waals surface area contributed by atoms with Crippen LogP contribution in [-0.4, -0.2) is 28.3 Å². The van der Waals surface area contributed by atoms with Crippen LogP contribution in [0.2, 0.25) is 0 Å². The number of rotatable bonds is 7. The summed E-state index contributed by atoms with van der Waals surface area (Å²) in [5.74, 6) is -1.80. The van der Waals surface area contributed by atoms with Gasteiger partial charge in [-0.3, -0.25) is 14.4 Å². The first kappa shape index (κ1) is 22.9. The largest absolute Gasteiger partial charge is 0.337 e. The summed E-state index contributed by atoms with van der Waals surface area (Å²) in [4.78, 5) is 39.7. The van der Waals surface area contributed by atoms with Gasteiger partial charge in [0.25, 0.3) is 11.5 Å². The van der Waals surface area contributed by atoms with Crippen molar-refractivity contribution in [2.75, 3.05) is 12.4 Å². The topological polar surface area (TPSA) is 71.4 Å². The van der Waals surface area contributed by atoms with Gasteiger partial charge in [0.15, 0.2) is 0 Å². The number of anilines is 1. The Morgan fingerprint density at radius 1 is 1.00 bits per heavy atom. The number of pyridine rings is 1. The zero-order valence-corrected chi connectivity index (χ0v) is 17.7. The maximum Gasteiger partial charge on any atom is 0.263 e. The molecule has 1 N–H and O–H groups in total. The molecular weight excluding hydrogens is 416 g/mol. The smallest absolute Gasteiger partial charge is 0.263 e. The van der Waals surface area contributed by atoms with Crippen molar-refractivity contribution >= 4 is 17.5 Å². The van der Waals surface area contributed by atoms with Crippen LogP contribution >= 0.6 is 0 Å². The quantitative estimate of drug-likeness (QED) is 0.605. The van der Waals surface area contributed by atoms with Gasteiger partial charge in [-0.1, -0.05) is 19.1 Å². The molecule has 0 aliphatic heterocycles. The second-order valence-corrected chi connectivity index (χ2v) is 7.30. The van der Waals surface area contributed by atoms with Crippen molar-refractivity contribution < 1.29 is 18.4 Å². The molecule has 1 aromatic heterocycles. The van der Waals surface area contributed by atoms with Gasteiger partial charge in [0.1, 0.15) is 23.7 Å². The Hall–Kier alpha value is -3.81. The summed E-state index contributed by atoms with van der Waals surface area (Å²) in [5.41, 5.74) is 0.359. The van der Waals surface area contributed by atoms with Crippen molar-refractivity contribution in [3.05, 3.63) is 100.0 Å². The monoisotopic (exact) mass is 439 g/mol. The van der Waals surface area contributed by atoms with E-state index < -0.39 is 17.3 Å². The molecule has 0 saturated heterocycles. The molecule has 32 heavy (non-hydrogen) atoms. The Morgan fingerprint density at radius 2 is 1.59 bits per heavy atom. The molecule has 0 bridgehead atoms. The van der Waals surface area contributed by atoms with E-state index in [4.69, 9.17) is 0 Å². The molecule has 0 aliphatic rings. The summed E-state index contributed by atoms with van der Waals surface area (Å²) in [5, 5.41) is 2.54. The molecule has 6 nitrogen and oxygen atoms in total. The molecule has 0 spiro atoms. The second kappa shape index (κ2) is 10.00. The van der Waals surface area contributed by atoms with Gasteiger partial charge in [-0.2, -0.15) is 0 Å². The third kappa shape index (κ3) is 5.26. The van der Waals surface area contributed by atoms with E-state index in [1.54, 1.807) is 19.2 Å². The van der Waals surface area contributed by atoms with Crippen LogP contribution in [0.3, 0.4) is 0 Å². The third-order valence-electron chi connectivity index (χ3n) is 5.17. The zero-order chi connectivity index (χ0) is 23.3. The minimum atomic E-state index is -0.658. The van der Waals surface area contributed by atoms with Crippen molar-refractivity contribution in [2.45, 2.75) is 25.9 Å². The Morgan fingerprint density at radius 3 is 2.19 bits per heavy atom. The van der Waals surface area contributed by atoms with Gasteiger partial charge in [-0.25, -0.2) is 8.78 Å². The number of carbonyl (C=O) groups is 2. The lowest BCUT2D eigenvalue weighted by Crippen LogP contribution is -2.37. The summed E-state index contributed by atoms with van der Waals surface area (Å²) in [7, 11) is 1.62. The maximum atomic E-state index is 13.2. The van der Waals surface area contributed by atoms with Crippen molar-refractivity contribution in [1.29, 1.82) is 0 Å². The lowest BCUT2D eigenvalue weighted by atomic mass is 10.0. The van der Waals surface area contributed by atoms with Crippen molar-refractivity contribution in [3.63, 3.8) is 0 Å². The molecule has 166 valence electrons. The highest BCUT2D eigenvalue weighted by molar-refractivity contribution is 6.04. The van der Waals surface area contributed by atoms with Gasteiger partial charge in [-0.05, 0) is 60.5 Å². The van der Waals surface area contributed by atoms with E-state index in [-0.39, 0.29) is 29.9 Å². The van der Waals surface area contributed by atoms with Crippen molar-refractivity contribution in [3.8, 4) is 0 Å². The molecule has 2 aromatic carbocycles. The highest BCUT2D eigenvalue weighted by Crippen LogP contribution is 2.23. The van der Waals surface area contributed by atoms with E-state index in [2.05, 4.69) is 5.32 Å². The van der Waals surface area contributed by atoms with Crippen molar-refractivity contribution in [1.82, 2.24) is 9.47 Å². The average molecular weight is 439 g/mol. The molecule has 0 fully saturated rings. The molecule has 2 amide bonds. The molecule has 0 unspecified atom stereocenters. The molecule has 0 saturated carbocycles. The van der Waals surface area contributed by atoms with Crippen LogP contribution < -0.4 is 10.9 Å². The van der Waals surface area contributed by atoms with Gasteiger partial charge in [-0.15, -0.1) is 0 Å². The third-order valence-corrected chi connectivity index (χ3v) is 5.17. The molecule has 1 heterocycles. The fourth-order valence-electron chi connectivity index (χ4n) is 3.41. The van der Waals surface area contributed by atoms with Crippen LogP contribution in [0.5, 0.6) is 0 Å². The van der Waals surface area contributed by atoms with Crippen LogP contribution in [0, 0.1) is 11.6 Å². The van der Waals surface area contributed by atoms with E-state index in [1.165, 1.54) is 59.6 Å². The minimum absolute atomic E-state index is 0.141. The van der Waals surface area contributed by atoms with Gasteiger partial charge >= 0.3 is 0 Å². The number of amides is 2. The number of halogens is 2. The fraction of sp³-hybridized carbons (Fsp3) is 0.208. The first-order valence-electron chi connectivity index (χ1n) is 10.1. The minimum Gasteiger partial charge on any atom is -0.337 e. The van der Waals surface area contributed by atoms with E-state index in [0.29, 0.717) is 12.1 Å². The van der Waals surface area contributed by atoms with Crippen LogP contribution in [0.15, 0.2) is 71.7 Å². The fourth-order valence-corrected chi connectivity index (χ4v) is 3.41. The standard InChI is InChI=1S/C24H23F2N3O3/c1-3-21(16-6-8-17(25)9-7-16)28(2)22(30)15-29-14-4-5-20(24(29)32)23(31)27-19-12-10-18(26)11-13-19/h4-14,21H,3,15H2,1-2H3,(H,27,31)/t21-/m1/s1. The first-order chi connectivity index (χ1) is 15.3. The molecule has 3 aromatic rings. The number of nitrogens with one attached hydrogen (secondary N) is 1. The highest BCUT2D eigenvalue weighted by atomic mass is 19.1. The molecular formula is C24H23F2N3O3. The van der Waals surface area contributed by atoms with Gasteiger partial charge in [0, 0.05) is 18.9 Å². The lowest BCUT2D eigenvalue weighted by molar-refractivity contribution is -0.132. The van der Waals surface area contributed by atoms with E-state index >= 15 is 0 Å². The summed E-state index contributed by atoms with van der Waals surface area (Å²) in [6, 6.07) is 13.7. The van der Waals surface area contributed by atoms with Crippen LogP contribution in [0.4, 0.5) is 14.5 Å². The number of nitrogens with zero attached hydrogens (tertiary/aromatic N) is 2. The summed E-state index contributed by atoms with van der Waals surface area (Å²) >= 11 is 0.